The molecule has 3 heterocycles. The molecule has 0 spiro atoms. The molecule has 2 aliphatic rings. The van der Waals surface area contributed by atoms with Crippen LogP contribution in [0, 0.1) is 0 Å². The molecule has 6 nitrogen and oxygen atoms in total. The standard InChI is InChI=1S/C15H17F2N3O3/c16-15(17)3-6-20(7-4-15)14(22)13-12(19-11(21)9-23-13)10-2-1-5-18-8-10/h1-2,5,8,12-13H,3-4,6-7,9H2,(H,19,21)/t12-,13+/m1/s1. The molecule has 2 amide bonds. The van der Waals surface area contributed by atoms with E-state index in [0.29, 0.717) is 5.56 Å². The van der Waals surface area contributed by atoms with E-state index in [9.17, 15) is 18.4 Å². The molecular weight excluding hydrogens is 308 g/mol. The van der Waals surface area contributed by atoms with Gasteiger partial charge in [-0.25, -0.2) is 8.78 Å². The maximum absolute atomic E-state index is 13.2. The van der Waals surface area contributed by atoms with E-state index in [-0.39, 0.29) is 44.4 Å². The SMILES string of the molecule is O=C1CO[C@H](C(=O)N2CCC(F)(F)CC2)[C@@H](c2cccnc2)N1. The molecule has 1 N–H and O–H groups in total. The molecule has 0 bridgehead atoms. The third-order valence-corrected chi connectivity index (χ3v) is 4.11. The van der Waals surface area contributed by atoms with Crippen LogP contribution in [0.4, 0.5) is 8.78 Å². The summed E-state index contributed by atoms with van der Waals surface area (Å²) in [5, 5.41) is 2.72. The molecule has 1 aromatic heterocycles. The third kappa shape index (κ3) is 3.47. The van der Waals surface area contributed by atoms with Gasteiger partial charge in [-0.3, -0.25) is 14.6 Å². The summed E-state index contributed by atoms with van der Waals surface area (Å²) in [6.45, 7) is -0.254. The van der Waals surface area contributed by atoms with Crippen LogP contribution >= 0.6 is 0 Å². The normalized spacial score (nSPS) is 27.4. The summed E-state index contributed by atoms with van der Waals surface area (Å²) >= 11 is 0. The molecule has 0 radical (unpaired) electrons. The van der Waals surface area contributed by atoms with Crippen molar-refractivity contribution in [3.05, 3.63) is 30.1 Å². The molecule has 2 aliphatic heterocycles. The number of hydrogen-bond acceptors (Lipinski definition) is 4. The van der Waals surface area contributed by atoms with E-state index < -0.39 is 18.1 Å². The van der Waals surface area contributed by atoms with Crippen molar-refractivity contribution in [3.8, 4) is 0 Å². The predicted octanol–water partition coefficient (Wildman–Crippen LogP) is 0.895. The van der Waals surface area contributed by atoms with Gasteiger partial charge >= 0.3 is 0 Å². The average Bonchev–Trinajstić information content (AvgIpc) is 2.55. The van der Waals surface area contributed by atoms with Gasteiger partial charge in [0.2, 0.25) is 5.91 Å². The summed E-state index contributed by atoms with van der Waals surface area (Å²) in [5.74, 6) is -3.43. The fourth-order valence-electron chi connectivity index (χ4n) is 2.82. The number of carbonyl (C=O) groups is 2. The highest BCUT2D eigenvalue weighted by Crippen LogP contribution is 2.30. The molecule has 0 aliphatic carbocycles. The number of likely N-dealkylation sites (tertiary alicyclic amines) is 1. The Balaban J connectivity index is 1.76. The van der Waals surface area contributed by atoms with Gasteiger partial charge in [-0.2, -0.15) is 0 Å². The molecule has 2 fully saturated rings. The van der Waals surface area contributed by atoms with Crippen molar-refractivity contribution >= 4 is 11.8 Å². The summed E-state index contributed by atoms with van der Waals surface area (Å²) < 4.78 is 31.9. The van der Waals surface area contributed by atoms with Gasteiger partial charge < -0.3 is 15.0 Å². The monoisotopic (exact) mass is 325 g/mol. The summed E-state index contributed by atoms with van der Waals surface area (Å²) in [6, 6.07) is 2.76. The Labute approximate surface area is 131 Å². The number of hydrogen-bond donors (Lipinski definition) is 1. The van der Waals surface area contributed by atoms with Crippen molar-refractivity contribution in [2.75, 3.05) is 19.7 Å². The number of piperidine rings is 1. The zero-order valence-electron chi connectivity index (χ0n) is 12.4. The van der Waals surface area contributed by atoms with Crippen molar-refractivity contribution < 1.29 is 23.1 Å². The van der Waals surface area contributed by atoms with Crippen LogP contribution in [0.1, 0.15) is 24.4 Å². The van der Waals surface area contributed by atoms with Crippen LogP contribution in [0.5, 0.6) is 0 Å². The van der Waals surface area contributed by atoms with Gasteiger partial charge in [0, 0.05) is 38.3 Å². The summed E-state index contributed by atoms with van der Waals surface area (Å²) in [7, 11) is 0. The first-order valence-corrected chi connectivity index (χ1v) is 7.44. The smallest absolute Gasteiger partial charge is 0.254 e. The van der Waals surface area contributed by atoms with Crippen molar-refractivity contribution in [2.24, 2.45) is 0 Å². The lowest BCUT2D eigenvalue weighted by molar-refractivity contribution is -0.159. The average molecular weight is 325 g/mol. The highest BCUT2D eigenvalue weighted by Gasteiger charge is 2.42. The molecule has 23 heavy (non-hydrogen) atoms. The number of rotatable bonds is 2. The van der Waals surface area contributed by atoms with E-state index in [0.717, 1.165) is 0 Å². The number of pyridine rings is 1. The minimum absolute atomic E-state index is 0.0145. The lowest BCUT2D eigenvalue weighted by Gasteiger charge is -2.37. The number of amides is 2. The number of aromatic nitrogens is 1. The number of nitrogens with zero attached hydrogens (tertiary/aromatic N) is 2. The van der Waals surface area contributed by atoms with Crippen LogP contribution in [0.15, 0.2) is 24.5 Å². The zero-order chi connectivity index (χ0) is 16.4. The van der Waals surface area contributed by atoms with Crippen molar-refractivity contribution in [2.45, 2.75) is 30.9 Å². The molecule has 0 aromatic carbocycles. The van der Waals surface area contributed by atoms with Gasteiger partial charge in [-0.05, 0) is 11.6 Å². The Kier molecular flexibility index (Phi) is 4.25. The lowest BCUT2D eigenvalue weighted by atomic mass is 9.99. The third-order valence-electron chi connectivity index (χ3n) is 4.11. The van der Waals surface area contributed by atoms with E-state index in [1.54, 1.807) is 24.5 Å². The van der Waals surface area contributed by atoms with Crippen LogP contribution < -0.4 is 5.32 Å². The van der Waals surface area contributed by atoms with E-state index in [2.05, 4.69) is 10.3 Å². The largest absolute Gasteiger partial charge is 0.356 e. The van der Waals surface area contributed by atoms with Crippen LogP contribution in [0.25, 0.3) is 0 Å². The Morgan fingerprint density at radius 1 is 1.39 bits per heavy atom. The molecular formula is C15H17F2N3O3. The topological polar surface area (TPSA) is 71.5 Å². The lowest BCUT2D eigenvalue weighted by Crippen LogP contribution is -2.55. The van der Waals surface area contributed by atoms with E-state index in [4.69, 9.17) is 4.74 Å². The maximum Gasteiger partial charge on any atom is 0.254 e. The first-order valence-electron chi connectivity index (χ1n) is 7.44. The Morgan fingerprint density at radius 3 is 2.78 bits per heavy atom. The van der Waals surface area contributed by atoms with E-state index in [1.807, 2.05) is 0 Å². The second-order valence-electron chi connectivity index (χ2n) is 5.74. The number of halogens is 2. The highest BCUT2D eigenvalue weighted by molar-refractivity contribution is 5.86. The van der Waals surface area contributed by atoms with E-state index in [1.165, 1.54) is 4.90 Å². The second-order valence-corrected chi connectivity index (χ2v) is 5.74. The predicted molar refractivity (Wildman–Crippen MR) is 75.6 cm³/mol. The molecule has 0 unspecified atom stereocenters. The fraction of sp³-hybridized carbons (Fsp3) is 0.533. The van der Waals surface area contributed by atoms with Crippen molar-refractivity contribution in [1.29, 1.82) is 0 Å². The van der Waals surface area contributed by atoms with Gasteiger partial charge in [-0.15, -0.1) is 0 Å². The minimum Gasteiger partial charge on any atom is -0.356 e. The highest BCUT2D eigenvalue weighted by atomic mass is 19.3. The number of alkyl halides is 2. The summed E-state index contributed by atoms with van der Waals surface area (Å²) in [5.41, 5.74) is 0.640. The Hall–Kier alpha value is -2.09. The van der Waals surface area contributed by atoms with Crippen LogP contribution in [0.3, 0.4) is 0 Å². The fourth-order valence-corrected chi connectivity index (χ4v) is 2.82. The number of nitrogens with one attached hydrogen (secondary N) is 1. The molecule has 2 saturated heterocycles. The first kappa shape index (κ1) is 15.8. The van der Waals surface area contributed by atoms with Gasteiger partial charge in [0.1, 0.15) is 6.61 Å². The number of ether oxygens (including phenoxy) is 1. The minimum atomic E-state index is -2.72. The van der Waals surface area contributed by atoms with Crippen molar-refractivity contribution in [3.63, 3.8) is 0 Å². The number of morpholine rings is 1. The van der Waals surface area contributed by atoms with E-state index >= 15 is 0 Å². The van der Waals surface area contributed by atoms with Gasteiger partial charge in [-0.1, -0.05) is 6.07 Å². The zero-order valence-corrected chi connectivity index (χ0v) is 12.4. The molecule has 0 saturated carbocycles. The Morgan fingerprint density at radius 2 is 2.13 bits per heavy atom. The second kappa shape index (κ2) is 6.19. The molecule has 2 atom stereocenters. The summed E-state index contributed by atoms with van der Waals surface area (Å²) in [4.78, 5) is 29.6. The quantitative estimate of drug-likeness (QED) is 0.877. The summed E-state index contributed by atoms with van der Waals surface area (Å²) in [6.07, 6.45) is 1.50. The van der Waals surface area contributed by atoms with Crippen LogP contribution in [-0.4, -0.2) is 53.4 Å². The van der Waals surface area contributed by atoms with Gasteiger partial charge in [0.15, 0.2) is 6.10 Å². The van der Waals surface area contributed by atoms with Crippen LogP contribution in [-0.2, 0) is 14.3 Å². The van der Waals surface area contributed by atoms with Gasteiger partial charge in [0.05, 0.1) is 6.04 Å². The van der Waals surface area contributed by atoms with Gasteiger partial charge in [0.25, 0.3) is 11.8 Å². The maximum atomic E-state index is 13.2. The first-order chi connectivity index (χ1) is 11.0. The Bertz CT molecular complexity index is 587. The van der Waals surface area contributed by atoms with Crippen molar-refractivity contribution in [1.82, 2.24) is 15.2 Å². The number of carbonyl (C=O) groups excluding carboxylic acids is 2. The van der Waals surface area contributed by atoms with Crippen LogP contribution in [0.2, 0.25) is 0 Å². The molecule has 1 aromatic rings. The molecule has 124 valence electrons. The molecule has 3 rings (SSSR count). The molecule has 8 heteroatoms.